The number of carboxylic acids is 1. The molecule has 112 valence electrons. The highest BCUT2D eigenvalue weighted by Crippen LogP contribution is 2.17. The van der Waals surface area contributed by atoms with Crippen LogP contribution >= 0.6 is 0 Å². The molecule has 20 heavy (non-hydrogen) atoms. The van der Waals surface area contributed by atoms with Crippen molar-refractivity contribution in [1.82, 2.24) is 9.03 Å². The molecule has 0 atom stereocenters. The summed E-state index contributed by atoms with van der Waals surface area (Å²) >= 11 is 0. The fourth-order valence-corrected chi connectivity index (χ4v) is 2.39. The maximum absolute atomic E-state index is 11.9. The van der Waals surface area contributed by atoms with Gasteiger partial charge >= 0.3 is 5.97 Å². The lowest BCUT2D eigenvalue weighted by Crippen LogP contribution is -2.38. The molecule has 0 saturated heterocycles. The average molecular weight is 302 g/mol. The Balaban J connectivity index is 2.65. The molecule has 0 amide bonds. The van der Waals surface area contributed by atoms with Crippen LogP contribution in [0.5, 0.6) is 5.75 Å². The summed E-state index contributed by atoms with van der Waals surface area (Å²) in [6, 6.07) is 7.05. The number of rotatable bonds is 8. The average Bonchev–Trinajstić information content (AvgIpc) is 2.42. The van der Waals surface area contributed by atoms with Crippen molar-refractivity contribution in [1.29, 1.82) is 0 Å². The predicted molar refractivity (Wildman–Crippen MR) is 73.6 cm³/mol. The van der Waals surface area contributed by atoms with Gasteiger partial charge in [-0.2, -0.15) is 17.4 Å². The molecule has 0 bridgehead atoms. The molecule has 8 heteroatoms. The second-order valence-electron chi connectivity index (χ2n) is 4.10. The van der Waals surface area contributed by atoms with E-state index >= 15 is 0 Å². The van der Waals surface area contributed by atoms with Crippen LogP contribution in [0.3, 0.4) is 0 Å². The van der Waals surface area contributed by atoms with Crippen LogP contribution in [-0.2, 0) is 21.5 Å². The molecule has 0 saturated carbocycles. The summed E-state index contributed by atoms with van der Waals surface area (Å²) in [7, 11) is -0.882. The zero-order valence-corrected chi connectivity index (χ0v) is 12.2. The van der Waals surface area contributed by atoms with Crippen molar-refractivity contribution in [3.8, 4) is 5.75 Å². The van der Waals surface area contributed by atoms with Crippen molar-refractivity contribution in [2.45, 2.75) is 13.0 Å². The van der Waals surface area contributed by atoms with Crippen molar-refractivity contribution >= 4 is 16.2 Å². The van der Waals surface area contributed by atoms with E-state index < -0.39 is 16.2 Å². The van der Waals surface area contributed by atoms with Gasteiger partial charge in [0.15, 0.2) is 0 Å². The number of hydrogen-bond donors (Lipinski definition) is 2. The Kier molecular flexibility index (Phi) is 5.93. The van der Waals surface area contributed by atoms with Crippen molar-refractivity contribution in [3.05, 3.63) is 29.8 Å². The zero-order chi connectivity index (χ0) is 15.2. The van der Waals surface area contributed by atoms with Crippen LogP contribution in [0.15, 0.2) is 24.3 Å². The highest BCUT2D eigenvalue weighted by atomic mass is 32.2. The first-order valence-corrected chi connectivity index (χ1v) is 7.35. The third-order valence-electron chi connectivity index (χ3n) is 2.69. The van der Waals surface area contributed by atoms with E-state index in [0.29, 0.717) is 11.3 Å². The summed E-state index contributed by atoms with van der Waals surface area (Å²) in [5, 5.41) is 8.55. The third kappa shape index (κ3) is 4.80. The number of carbonyl (C=O) groups is 1. The van der Waals surface area contributed by atoms with Gasteiger partial charge in [0.25, 0.3) is 10.2 Å². The largest absolute Gasteiger partial charge is 0.496 e. The Bertz CT molecular complexity index is 559. The van der Waals surface area contributed by atoms with Gasteiger partial charge in [0, 0.05) is 25.7 Å². The Hall–Kier alpha value is -1.64. The minimum absolute atomic E-state index is 0.0732. The number of para-hydroxylation sites is 1. The van der Waals surface area contributed by atoms with E-state index in [0.717, 1.165) is 4.31 Å². The number of methoxy groups -OCH3 is 1. The highest BCUT2D eigenvalue weighted by Gasteiger charge is 2.18. The van der Waals surface area contributed by atoms with Crippen LogP contribution in [0.25, 0.3) is 0 Å². The molecule has 0 unspecified atom stereocenters. The predicted octanol–water partition coefficient (Wildman–Crippen LogP) is 0.436. The SMILES string of the molecule is COc1ccccc1CNS(=O)(=O)N(C)CCC(=O)O. The van der Waals surface area contributed by atoms with Gasteiger partial charge in [-0.1, -0.05) is 18.2 Å². The van der Waals surface area contributed by atoms with Gasteiger partial charge in [-0.3, -0.25) is 4.79 Å². The summed E-state index contributed by atoms with van der Waals surface area (Å²) in [5.41, 5.74) is 0.699. The molecule has 0 radical (unpaired) electrons. The van der Waals surface area contributed by atoms with Crippen LogP contribution in [0.2, 0.25) is 0 Å². The molecule has 0 spiro atoms. The number of nitrogens with zero attached hydrogens (tertiary/aromatic N) is 1. The lowest BCUT2D eigenvalue weighted by Gasteiger charge is -2.17. The second kappa shape index (κ2) is 7.22. The number of carboxylic acid groups (broad SMARTS) is 1. The molecule has 0 heterocycles. The van der Waals surface area contributed by atoms with Gasteiger partial charge in [-0.15, -0.1) is 0 Å². The first-order chi connectivity index (χ1) is 9.36. The lowest BCUT2D eigenvalue weighted by molar-refractivity contribution is -0.137. The van der Waals surface area contributed by atoms with Crippen molar-refractivity contribution in [2.24, 2.45) is 0 Å². The smallest absolute Gasteiger partial charge is 0.304 e. The molecule has 0 aliphatic rings. The van der Waals surface area contributed by atoms with Crippen LogP contribution in [0.1, 0.15) is 12.0 Å². The standard InChI is InChI=1S/C12H18N2O5S/c1-14(8-7-12(15)16)20(17,18)13-9-10-5-3-4-6-11(10)19-2/h3-6,13H,7-9H2,1-2H3,(H,15,16). The third-order valence-corrected chi connectivity index (χ3v) is 4.20. The molecule has 2 N–H and O–H groups in total. The molecular formula is C12H18N2O5S. The van der Waals surface area contributed by atoms with Crippen LogP contribution in [0, 0.1) is 0 Å². The molecule has 0 aromatic heterocycles. The van der Waals surface area contributed by atoms with Gasteiger partial charge < -0.3 is 9.84 Å². The molecule has 0 aliphatic heterocycles. The number of nitrogens with one attached hydrogen (secondary N) is 1. The summed E-state index contributed by atoms with van der Waals surface area (Å²) in [6.45, 7) is -0.0135. The van der Waals surface area contributed by atoms with Crippen LogP contribution < -0.4 is 9.46 Å². The highest BCUT2D eigenvalue weighted by molar-refractivity contribution is 7.87. The topological polar surface area (TPSA) is 95.9 Å². The maximum Gasteiger partial charge on any atom is 0.304 e. The molecule has 7 nitrogen and oxygen atoms in total. The van der Waals surface area contributed by atoms with E-state index in [-0.39, 0.29) is 19.5 Å². The molecule has 0 aliphatic carbocycles. The quantitative estimate of drug-likeness (QED) is 0.726. The normalized spacial score (nSPS) is 11.6. The van der Waals surface area contributed by atoms with Gasteiger partial charge in [0.05, 0.1) is 13.5 Å². The molecule has 1 rings (SSSR count). The molecular weight excluding hydrogens is 284 g/mol. The van der Waals surface area contributed by atoms with Crippen molar-refractivity contribution in [3.63, 3.8) is 0 Å². The number of benzene rings is 1. The van der Waals surface area contributed by atoms with Gasteiger partial charge in [-0.05, 0) is 6.07 Å². The summed E-state index contributed by atoms with van der Waals surface area (Å²) in [6.07, 6.45) is -0.244. The van der Waals surface area contributed by atoms with Crippen LogP contribution in [-0.4, -0.2) is 44.5 Å². The number of aliphatic carboxylic acids is 1. The summed E-state index contributed by atoms with van der Waals surface area (Å²) in [5.74, 6) is -0.458. The number of hydrogen-bond acceptors (Lipinski definition) is 4. The van der Waals surface area contributed by atoms with E-state index in [9.17, 15) is 13.2 Å². The second-order valence-corrected chi connectivity index (χ2v) is 5.97. The van der Waals surface area contributed by atoms with Crippen molar-refractivity contribution in [2.75, 3.05) is 20.7 Å². The Morgan fingerprint density at radius 3 is 2.65 bits per heavy atom. The van der Waals surface area contributed by atoms with Gasteiger partial charge in [0.1, 0.15) is 5.75 Å². The van der Waals surface area contributed by atoms with Gasteiger partial charge in [-0.25, -0.2) is 0 Å². The van der Waals surface area contributed by atoms with E-state index in [1.807, 2.05) is 0 Å². The van der Waals surface area contributed by atoms with Crippen molar-refractivity contribution < 1.29 is 23.1 Å². The first kappa shape index (κ1) is 16.4. The maximum atomic E-state index is 11.9. The Morgan fingerprint density at radius 2 is 2.05 bits per heavy atom. The minimum atomic E-state index is -3.71. The first-order valence-electron chi connectivity index (χ1n) is 5.91. The fourth-order valence-electron chi connectivity index (χ4n) is 1.50. The number of ether oxygens (including phenoxy) is 1. The molecule has 1 aromatic carbocycles. The minimum Gasteiger partial charge on any atom is -0.496 e. The van der Waals surface area contributed by atoms with E-state index in [4.69, 9.17) is 9.84 Å². The Labute approximate surface area is 118 Å². The summed E-state index contributed by atoms with van der Waals surface area (Å²) in [4.78, 5) is 10.4. The molecule has 1 aromatic rings. The van der Waals surface area contributed by atoms with E-state index in [1.165, 1.54) is 14.2 Å². The summed E-state index contributed by atoms with van der Waals surface area (Å²) < 4.78 is 32.3. The monoisotopic (exact) mass is 302 g/mol. The van der Waals surface area contributed by atoms with E-state index in [2.05, 4.69) is 4.72 Å². The lowest BCUT2D eigenvalue weighted by atomic mass is 10.2. The zero-order valence-electron chi connectivity index (χ0n) is 11.4. The van der Waals surface area contributed by atoms with E-state index in [1.54, 1.807) is 24.3 Å². The fraction of sp³-hybridized carbons (Fsp3) is 0.417. The molecule has 0 fully saturated rings. The van der Waals surface area contributed by atoms with Gasteiger partial charge in [0.2, 0.25) is 0 Å². The van der Waals surface area contributed by atoms with Crippen LogP contribution in [0.4, 0.5) is 0 Å². The Morgan fingerprint density at radius 1 is 1.40 bits per heavy atom.